The highest BCUT2D eigenvalue weighted by atomic mass is 32.2. The molecule has 1 amide bonds. The Morgan fingerprint density at radius 3 is 2.33 bits per heavy atom. The fourth-order valence-electron chi connectivity index (χ4n) is 3.13. The molecule has 9 heteroatoms. The number of esters is 1. The Kier molecular flexibility index (Phi) is 5.84. The summed E-state index contributed by atoms with van der Waals surface area (Å²) >= 11 is 0. The van der Waals surface area contributed by atoms with E-state index in [4.69, 9.17) is 13.9 Å². The monoisotopic (exact) mass is 431 g/mol. The van der Waals surface area contributed by atoms with Gasteiger partial charge < -0.3 is 13.9 Å². The van der Waals surface area contributed by atoms with Gasteiger partial charge in [-0.25, -0.2) is 17.5 Å². The summed E-state index contributed by atoms with van der Waals surface area (Å²) in [6.07, 6.45) is 0. The van der Waals surface area contributed by atoms with Crippen molar-refractivity contribution in [2.75, 3.05) is 18.0 Å². The summed E-state index contributed by atoms with van der Waals surface area (Å²) in [6, 6.07) is 10.1. The first-order valence-corrected chi connectivity index (χ1v) is 10.5. The number of nitrogens with zero attached hydrogens (tertiary/aromatic N) is 1. The van der Waals surface area contributed by atoms with Crippen molar-refractivity contribution < 1.29 is 31.9 Å². The van der Waals surface area contributed by atoms with Gasteiger partial charge in [0.2, 0.25) is 5.91 Å². The number of hydrogen-bond donors (Lipinski definition) is 0. The molecule has 0 saturated heterocycles. The molecule has 0 fully saturated rings. The zero-order valence-corrected chi connectivity index (χ0v) is 17.8. The molecule has 2 aromatic carbocycles. The maximum absolute atomic E-state index is 13.2. The lowest BCUT2D eigenvalue weighted by Crippen LogP contribution is -2.35. The van der Waals surface area contributed by atoms with Crippen molar-refractivity contribution >= 4 is 38.6 Å². The van der Waals surface area contributed by atoms with Crippen molar-refractivity contribution in [1.29, 1.82) is 0 Å². The number of fused-ring (bicyclic) bond motifs is 1. The zero-order valence-electron chi connectivity index (χ0n) is 17.0. The Morgan fingerprint density at radius 1 is 1.10 bits per heavy atom. The van der Waals surface area contributed by atoms with Crippen LogP contribution in [0.3, 0.4) is 0 Å². The third-order valence-corrected chi connectivity index (χ3v) is 6.26. The van der Waals surface area contributed by atoms with E-state index in [0.717, 1.165) is 6.92 Å². The molecule has 1 heterocycles. The number of aryl methyl sites for hydroxylation is 1. The van der Waals surface area contributed by atoms with Crippen LogP contribution in [0.1, 0.15) is 30.0 Å². The fraction of sp³-hybridized carbons (Fsp3) is 0.238. The van der Waals surface area contributed by atoms with Crippen LogP contribution in [0.4, 0.5) is 5.69 Å². The lowest BCUT2D eigenvalue weighted by atomic mass is 10.1. The number of carbonyl (C=O) groups is 2. The quantitative estimate of drug-likeness (QED) is 0.549. The summed E-state index contributed by atoms with van der Waals surface area (Å²) in [5.41, 5.74) is 0.654. The number of rotatable bonds is 6. The predicted octanol–water partition coefficient (Wildman–Crippen LogP) is 3.67. The molecular formula is C21H21NO7S. The molecule has 3 rings (SSSR count). The van der Waals surface area contributed by atoms with Gasteiger partial charge in [-0.15, -0.1) is 0 Å². The van der Waals surface area contributed by atoms with Gasteiger partial charge in [-0.1, -0.05) is 0 Å². The summed E-state index contributed by atoms with van der Waals surface area (Å²) in [4.78, 5) is 24.6. The molecule has 0 radical (unpaired) electrons. The lowest BCUT2D eigenvalue weighted by Gasteiger charge is -2.21. The maximum atomic E-state index is 13.2. The van der Waals surface area contributed by atoms with Gasteiger partial charge in [-0.05, 0) is 56.3 Å². The van der Waals surface area contributed by atoms with Crippen molar-refractivity contribution in [2.45, 2.75) is 25.7 Å². The number of amides is 1. The first-order valence-electron chi connectivity index (χ1n) is 9.11. The van der Waals surface area contributed by atoms with Gasteiger partial charge >= 0.3 is 5.97 Å². The molecule has 158 valence electrons. The van der Waals surface area contributed by atoms with Crippen LogP contribution >= 0.6 is 0 Å². The average Bonchev–Trinajstić information content (AvgIpc) is 3.03. The Hall–Kier alpha value is -3.33. The number of carbonyl (C=O) groups excluding carboxylic acids is 2. The highest BCUT2D eigenvalue weighted by Crippen LogP contribution is 2.32. The minimum Gasteiger partial charge on any atom is -0.497 e. The number of ether oxygens (including phenoxy) is 2. The Bertz CT molecular complexity index is 1210. The van der Waals surface area contributed by atoms with Crippen molar-refractivity contribution in [2.24, 2.45) is 0 Å². The third-order valence-electron chi connectivity index (χ3n) is 4.45. The van der Waals surface area contributed by atoms with Gasteiger partial charge in [-0.3, -0.25) is 4.79 Å². The van der Waals surface area contributed by atoms with Gasteiger partial charge in [0, 0.05) is 12.3 Å². The summed E-state index contributed by atoms with van der Waals surface area (Å²) in [5, 5.41) is 0.361. The van der Waals surface area contributed by atoms with Crippen LogP contribution in [0.25, 0.3) is 11.0 Å². The number of furan rings is 1. The van der Waals surface area contributed by atoms with Crippen LogP contribution in [0.2, 0.25) is 0 Å². The molecule has 0 aliphatic carbocycles. The summed E-state index contributed by atoms with van der Waals surface area (Å²) in [6.45, 7) is 4.62. The van der Waals surface area contributed by atoms with Crippen molar-refractivity contribution in [3.63, 3.8) is 0 Å². The molecule has 0 aliphatic rings. The Balaban J connectivity index is 2.15. The maximum Gasteiger partial charge on any atom is 0.342 e. The second-order valence-corrected chi connectivity index (χ2v) is 8.18. The van der Waals surface area contributed by atoms with Gasteiger partial charge in [-0.2, -0.15) is 0 Å². The van der Waals surface area contributed by atoms with E-state index in [9.17, 15) is 18.0 Å². The van der Waals surface area contributed by atoms with Crippen LogP contribution in [-0.4, -0.2) is 34.0 Å². The molecule has 1 aromatic heterocycles. The van der Waals surface area contributed by atoms with Crippen LogP contribution in [0.15, 0.2) is 51.8 Å². The largest absolute Gasteiger partial charge is 0.497 e. The van der Waals surface area contributed by atoms with E-state index in [1.54, 1.807) is 13.8 Å². The van der Waals surface area contributed by atoms with Crippen LogP contribution < -0.4 is 9.04 Å². The van der Waals surface area contributed by atoms with E-state index in [-0.39, 0.29) is 22.8 Å². The minimum absolute atomic E-state index is 0.0763. The van der Waals surface area contributed by atoms with Crippen molar-refractivity contribution in [1.82, 2.24) is 0 Å². The molecular weight excluding hydrogens is 410 g/mol. The van der Waals surface area contributed by atoms with Gasteiger partial charge in [0.25, 0.3) is 10.0 Å². The van der Waals surface area contributed by atoms with E-state index in [1.165, 1.54) is 49.6 Å². The molecule has 8 nitrogen and oxygen atoms in total. The standard InChI is InChI=1S/C21H21NO7S/c1-5-28-21(24)20-13(2)29-19-11-6-15(12-18(19)20)22(14(3)23)30(25,26)17-9-7-16(27-4)8-10-17/h6-12H,5H2,1-4H3. The SMILES string of the molecule is CCOC(=O)c1c(C)oc2ccc(N(C(C)=O)S(=O)(=O)c3ccc(OC)cc3)cc12. The first-order chi connectivity index (χ1) is 14.2. The second kappa shape index (κ2) is 8.19. The van der Waals surface area contributed by atoms with E-state index >= 15 is 0 Å². The van der Waals surface area contributed by atoms with E-state index in [1.807, 2.05) is 0 Å². The van der Waals surface area contributed by atoms with E-state index in [0.29, 0.717) is 26.8 Å². The molecule has 0 N–H and O–H groups in total. The lowest BCUT2D eigenvalue weighted by molar-refractivity contribution is -0.115. The molecule has 0 atom stereocenters. The number of benzene rings is 2. The first kappa shape index (κ1) is 21.4. The molecule has 0 bridgehead atoms. The molecule has 0 spiro atoms. The molecule has 0 unspecified atom stereocenters. The summed E-state index contributed by atoms with van der Waals surface area (Å²) in [5.74, 6) is -0.466. The van der Waals surface area contributed by atoms with Gasteiger partial charge in [0.05, 0.1) is 24.3 Å². The number of anilines is 1. The van der Waals surface area contributed by atoms with Crippen molar-refractivity contribution in [3.8, 4) is 5.75 Å². The normalized spacial score (nSPS) is 11.3. The van der Waals surface area contributed by atoms with Crippen molar-refractivity contribution in [3.05, 3.63) is 53.8 Å². The summed E-state index contributed by atoms with van der Waals surface area (Å²) < 4.78 is 42.8. The molecule has 30 heavy (non-hydrogen) atoms. The van der Waals surface area contributed by atoms with E-state index < -0.39 is 21.9 Å². The highest BCUT2D eigenvalue weighted by molar-refractivity contribution is 7.93. The Morgan fingerprint density at radius 2 is 1.77 bits per heavy atom. The predicted molar refractivity (Wildman–Crippen MR) is 110 cm³/mol. The molecule has 0 saturated carbocycles. The highest BCUT2D eigenvalue weighted by Gasteiger charge is 2.30. The zero-order chi connectivity index (χ0) is 22.1. The van der Waals surface area contributed by atoms with Gasteiger partial charge in [0.15, 0.2) is 0 Å². The minimum atomic E-state index is -4.20. The third kappa shape index (κ3) is 3.76. The van der Waals surface area contributed by atoms with Crippen LogP contribution in [-0.2, 0) is 19.6 Å². The second-order valence-electron chi connectivity index (χ2n) is 6.40. The number of sulfonamides is 1. The average molecular weight is 431 g/mol. The molecule has 0 aliphatic heterocycles. The Labute approximate surface area is 174 Å². The van der Waals surface area contributed by atoms with E-state index in [2.05, 4.69) is 0 Å². The topological polar surface area (TPSA) is 103 Å². The smallest absolute Gasteiger partial charge is 0.342 e. The summed E-state index contributed by atoms with van der Waals surface area (Å²) in [7, 11) is -2.74. The van der Waals surface area contributed by atoms with Crippen LogP contribution in [0.5, 0.6) is 5.75 Å². The van der Waals surface area contributed by atoms with Gasteiger partial charge in [0.1, 0.15) is 22.7 Å². The number of hydrogen-bond acceptors (Lipinski definition) is 7. The number of methoxy groups -OCH3 is 1. The molecule has 3 aromatic rings. The fourth-order valence-corrected chi connectivity index (χ4v) is 4.55. The van der Waals surface area contributed by atoms with Crippen LogP contribution in [0, 0.1) is 6.92 Å².